The summed E-state index contributed by atoms with van der Waals surface area (Å²) in [4.78, 5) is 40.7. The van der Waals surface area contributed by atoms with Crippen molar-refractivity contribution in [2.24, 2.45) is 13.0 Å². The number of para-hydroxylation sites is 1. The number of pyridine rings is 1. The second kappa shape index (κ2) is 9.46. The van der Waals surface area contributed by atoms with Crippen LogP contribution in [0.3, 0.4) is 0 Å². The van der Waals surface area contributed by atoms with Gasteiger partial charge in [-0.05, 0) is 55.7 Å². The van der Waals surface area contributed by atoms with Gasteiger partial charge in [0.25, 0.3) is 11.1 Å². The van der Waals surface area contributed by atoms with Gasteiger partial charge in [-0.2, -0.15) is 0 Å². The van der Waals surface area contributed by atoms with E-state index in [2.05, 4.69) is 35.1 Å². The van der Waals surface area contributed by atoms with E-state index in [4.69, 9.17) is 0 Å². The Labute approximate surface area is 205 Å². The summed E-state index contributed by atoms with van der Waals surface area (Å²) in [7, 11) is 1.63. The van der Waals surface area contributed by atoms with Crippen LogP contribution in [0, 0.1) is 12.8 Å². The molecule has 4 aromatic rings. The standard InChI is InChI=1S/C26H27BrN4O3/c1-16(2)14-15-30-25(33)21-22(31(26(30)34)20-8-6-5-7-9-20)17(3)24(32)29(4)23(21)28-19-12-10-18(27)11-13-19/h5-13,16,28H,14-15H2,1-4H3. The summed E-state index contributed by atoms with van der Waals surface area (Å²) in [5, 5.41) is 3.56. The zero-order valence-electron chi connectivity index (χ0n) is 19.6. The van der Waals surface area contributed by atoms with E-state index in [1.165, 1.54) is 13.7 Å². The molecule has 1 N–H and O–H groups in total. The maximum atomic E-state index is 13.8. The molecule has 176 valence electrons. The number of hydrogen-bond donors (Lipinski definition) is 1. The van der Waals surface area contributed by atoms with E-state index in [1.807, 2.05) is 42.5 Å². The van der Waals surface area contributed by atoms with Crippen LogP contribution >= 0.6 is 15.9 Å². The number of benzene rings is 2. The fraction of sp³-hybridized carbons (Fsp3) is 0.269. The smallest absolute Gasteiger partial charge is 0.336 e. The molecule has 0 atom stereocenters. The molecule has 0 amide bonds. The molecule has 0 aliphatic carbocycles. The van der Waals surface area contributed by atoms with Crippen LogP contribution in [-0.2, 0) is 13.6 Å². The minimum absolute atomic E-state index is 0.282. The molecule has 4 rings (SSSR count). The minimum Gasteiger partial charge on any atom is -0.341 e. The lowest BCUT2D eigenvalue weighted by atomic mass is 10.1. The van der Waals surface area contributed by atoms with Crippen LogP contribution in [0.4, 0.5) is 11.5 Å². The lowest BCUT2D eigenvalue weighted by Crippen LogP contribution is -2.41. The Bertz CT molecular complexity index is 1530. The Morgan fingerprint density at radius 3 is 2.21 bits per heavy atom. The molecule has 2 aromatic heterocycles. The second-order valence-electron chi connectivity index (χ2n) is 8.79. The Morgan fingerprint density at radius 1 is 0.941 bits per heavy atom. The van der Waals surface area contributed by atoms with E-state index in [-0.39, 0.29) is 12.1 Å². The number of nitrogens with one attached hydrogen (secondary N) is 1. The van der Waals surface area contributed by atoms with Crippen LogP contribution in [-0.4, -0.2) is 13.7 Å². The van der Waals surface area contributed by atoms with Crippen LogP contribution < -0.4 is 22.1 Å². The maximum absolute atomic E-state index is 13.8. The maximum Gasteiger partial charge on any atom is 0.336 e. The third-order valence-corrected chi connectivity index (χ3v) is 6.47. The summed E-state index contributed by atoms with van der Waals surface area (Å²) in [5.74, 6) is 0.662. The summed E-state index contributed by atoms with van der Waals surface area (Å²) in [5.41, 5.74) is 0.838. The molecule has 2 heterocycles. The highest BCUT2D eigenvalue weighted by Crippen LogP contribution is 2.26. The molecule has 0 radical (unpaired) electrons. The molecule has 2 aromatic carbocycles. The highest BCUT2D eigenvalue weighted by Gasteiger charge is 2.23. The van der Waals surface area contributed by atoms with Crippen molar-refractivity contribution < 1.29 is 0 Å². The first-order valence-electron chi connectivity index (χ1n) is 11.2. The fourth-order valence-corrected chi connectivity index (χ4v) is 4.32. The quantitative estimate of drug-likeness (QED) is 0.397. The number of rotatable bonds is 6. The summed E-state index contributed by atoms with van der Waals surface area (Å²) in [6, 6.07) is 16.6. The zero-order valence-corrected chi connectivity index (χ0v) is 21.2. The second-order valence-corrected chi connectivity index (χ2v) is 9.70. The van der Waals surface area contributed by atoms with Gasteiger partial charge in [0.2, 0.25) is 0 Å². The number of nitrogens with zero attached hydrogens (tertiary/aromatic N) is 3. The Morgan fingerprint density at radius 2 is 1.59 bits per heavy atom. The van der Waals surface area contributed by atoms with E-state index in [1.54, 1.807) is 26.1 Å². The van der Waals surface area contributed by atoms with Crippen LogP contribution in [0.5, 0.6) is 0 Å². The third kappa shape index (κ3) is 4.25. The Hall–Kier alpha value is -3.39. The van der Waals surface area contributed by atoms with Crippen LogP contribution in [0.15, 0.2) is 73.5 Å². The number of halogens is 1. The fourth-order valence-electron chi connectivity index (χ4n) is 4.06. The highest BCUT2D eigenvalue weighted by molar-refractivity contribution is 9.10. The molecule has 8 heteroatoms. The average Bonchev–Trinajstić information content (AvgIpc) is 2.82. The minimum atomic E-state index is -0.449. The van der Waals surface area contributed by atoms with E-state index in [0.29, 0.717) is 46.0 Å². The van der Waals surface area contributed by atoms with E-state index >= 15 is 0 Å². The molecule has 0 aliphatic rings. The van der Waals surface area contributed by atoms with Crippen molar-refractivity contribution >= 4 is 38.3 Å². The molecular weight excluding hydrogens is 496 g/mol. The average molecular weight is 523 g/mol. The SMILES string of the molecule is Cc1c(=O)n(C)c(Nc2ccc(Br)cc2)c2c(=O)n(CCC(C)C)c(=O)n(-c3ccccc3)c12. The van der Waals surface area contributed by atoms with Crippen molar-refractivity contribution in [2.45, 2.75) is 33.7 Å². The van der Waals surface area contributed by atoms with Gasteiger partial charge in [-0.25, -0.2) is 4.79 Å². The van der Waals surface area contributed by atoms with E-state index in [0.717, 1.165) is 4.47 Å². The number of fused-ring (bicyclic) bond motifs is 1. The van der Waals surface area contributed by atoms with Gasteiger partial charge in [-0.3, -0.25) is 23.3 Å². The first-order chi connectivity index (χ1) is 16.2. The van der Waals surface area contributed by atoms with Gasteiger partial charge in [0.1, 0.15) is 11.2 Å². The normalized spacial score (nSPS) is 11.4. The van der Waals surface area contributed by atoms with Crippen LogP contribution in [0.1, 0.15) is 25.8 Å². The topological polar surface area (TPSA) is 78.0 Å². The predicted molar refractivity (Wildman–Crippen MR) is 141 cm³/mol. The molecule has 0 saturated carbocycles. The first-order valence-corrected chi connectivity index (χ1v) is 12.0. The van der Waals surface area contributed by atoms with Crippen molar-refractivity contribution in [2.75, 3.05) is 5.32 Å². The van der Waals surface area contributed by atoms with Crippen LogP contribution in [0.2, 0.25) is 0 Å². The monoisotopic (exact) mass is 522 g/mol. The Kier molecular flexibility index (Phi) is 6.61. The van der Waals surface area contributed by atoms with Gasteiger partial charge in [-0.15, -0.1) is 0 Å². The van der Waals surface area contributed by atoms with Gasteiger partial charge in [0.05, 0.1) is 11.2 Å². The van der Waals surface area contributed by atoms with Gasteiger partial charge < -0.3 is 5.32 Å². The molecule has 0 spiro atoms. The molecule has 7 nitrogen and oxygen atoms in total. The molecule has 0 aliphatic heterocycles. The summed E-state index contributed by atoms with van der Waals surface area (Å²) in [6.07, 6.45) is 0.676. The van der Waals surface area contributed by atoms with Gasteiger partial charge in [0, 0.05) is 29.3 Å². The number of aryl methyl sites for hydroxylation is 1. The predicted octanol–water partition coefficient (Wildman–Crippen LogP) is 4.71. The summed E-state index contributed by atoms with van der Waals surface area (Å²) in [6.45, 7) is 6.05. The molecule has 0 unspecified atom stereocenters. The highest BCUT2D eigenvalue weighted by atomic mass is 79.9. The van der Waals surface area contributed by atoms with Crippen LogP contribution in [0.25, 0.3) is 16.6 Å². The summed E-state index contributed by atoms with van der Waals surface area (Å²) < 4.78 is 5.12. The molecule has 0 fully saturated rings. The van der Waals surface area contributed by atoms with Crippen molar-refractivity contribution in [3.8, 4) is 5.69 Å². The van der Waals surface area contributed by atoms with Crippen molar-refractivity contribution in [3.63, 3.8) is 0 Å². The van der Waals surface area contributed by atoms with Gasteiger partial charge >= 0.3 is 5.69 Å². The summed E-state index contributed by atoms with van der Waals surface area (Å²) >= 11 is 3.43. The molecular formula is C26H27BrN4O3. The lowest BCUT2D eigenvalue weighted by Gasteiger charge is -2.20. The Balaban J connectivity index is 2.15. The van der Waals surface area contributed by atoms with E-state index in [9.17, 15) is 14.4 Å². The van der Waals surface area contributed by atoms with E-state index < -0.39 is 11.2 Å². The molecule has 34 heavy (non-hydrogen) atoms. The largest absolute Gasteiger partial charge is 0.341 e. The van der Waals surface area contributed by atoms with Gasteiger partial charge in [-0.1, -0.05) is 48.0 Å². The number of anilines is 2. The zero-order chi connectivity index (χ0) is 24.6. The molecule has 0 saturated heterocycles. The number of aromatic nitrogens is 3. The lowest BCUT2D eigenvalue weighted by molar-refractivity contribution is 0.492. The number of hydrogen-bond acceptors (Lipinski definition) is 4. The van der Waals surface area contributed by atoms with Gasteiger partial charge in [0.15, 0.2) is 0 Å². The van der Waals surface area contributed by atoms with Crippen molar-refractivity contribution in [1.29, 1.82) is 0 Å². The van der Waals surface area contributed by atoms with Crippen molar-refractivity contribution in [3.05, 3.63) is 95.8 Å². The van der Waals surface area contributed by atoms with Crippen molar-refractivity contribution in [1.82, 2.24) is 13.7 Å². The molecule has 0 bridgehead atoms. The first kappa shape index (κ1) is 23.8. The third-order valence-electron chi connectivity index (χ3n) is 5.95.